The Hall–Kier alpha value is -1.46. The van der Waals surface area contributed by atoms with Crippen molar-refractivity contribution in [1.29, 1.82) is 0 Å². The van der Waals surface area contributed by atoms with Crippen LogP contribution in [-0.4, -0.2) is 47.4 Å². The van der Waals surface area contributed by atoms with Crippen molar-refractivity contribution in [2.45, 2.75) is 71.6 Å². The summed E-state index contributed by atoms with van der Waals surface area (Å²) in [6.45, 7) is 12.2. The van der Waals surface area contributed by atoms with E-state index >= 15 is 0 Å². The first kappa shape index (κ1) is 17.6. The Bertz CT molecular complexity index is 374. The highest BCUT2D eigenvalue weighted by Gasteiger charge is 2.28. The number of nitrogens with zero attached hydrogens (tertiary/aromatic N) is 1. The molecule has 0 radical (unpaired) electrons. The summed E-state index contributed by atoms with van der Waals surface area (Å²) in [5, 5.41) is 2.84. The van der Waals surface area contributed by atoms with Gasteiger partial charge in [-0.3, -0.25) is 0 Å². The zero-order valence-electron chi connectivity index (χ0n) is 14.0. The Balaban J connectivity index is 2.35. The summed E-state index contributed by atoms with van der Waals surface area (Å²) in [6, 6.07) is 0.0403. The van der Waals surface area contributed by atoms with Gasteiger partial charge >= 0.3 is 12.2 Å². The summed E-state index contributed by atoms with van der Waals surface area (Å²) in [4.78, 5) is 25.3. The SMILES string of the molecule is CC(C)(C)OC(=O)NC1CCN(C(=O)OC(C)(C)C)CC1. The third-order valence-electron chi connectivity index (χ3n) is 2.87. The standard InChI is InChI=1S/C15H28N2O4/c1-14(2,3)20-12(18)16-11-7-9-17(10-8-11)13(19)21-15(4,5)6/h11H,7-10H2,1-6H3,(H,16,18). The molecule has 1 fully saturated rings. The molecule has 0 unspecified atom stereocenters. The summed E-state index contributed by atoms with van der Waals surface area (Å²) in [5.41, 5.74) is -0.982. The quantitative estimate of drug-likeness (QED) is 0.808. The first-order chi connectivity index (χ1) is 9.46. The minimum absolute atomic E-state index is 0.0403. The van der Waals surface area contributed by atoms with Gasteiger partial charge in [0.25, 0.3) is 0 Å². The average Bonchev–Trinajstić information content (AvgIpc) is 2.24. The molecule has 1 aliphatic heterocycles. The van der Waals surface area contributed by atoms with Gasteiger partial charge in [-0.1, -0.05) is 0 Å². The number of hydrogen-bond donors (Lipinski definition) is 1. The molecule has 0 aromatic rings. The zero-order chi connectivity index (χ0) is 16.3. The van der Waals surface area contributed by atoms with Crippen LogP contribution in [0.15, 0.2) is 0 Å². The molecule has 0 bridgehead atoms. The monoisotopic (exact) mass is 300 g/mol. The van der Waals surface area contributed by atoms with E-state index in [0.717, 1.165) is 0 Å². The molecule has 6 heteroatoms. The van der Waals surface area contributed by atoms with Crippen LogP contribution in [0.2, 0.25) is 0 Å². The van der Waals surface area contributed by atoms with Crippen molar-refractivity contribution >= 4 is 12.2 Å². The topological polar surface area (TPSA) is 67.9 Å². The minimum Gasteiger partial charge on any atom is -0.444 e. The van der Waals surface area contributed by atoms with Gasteiger partial charge in [0.2, 0.25) is 0 Å². The highest BCUT2D eigenvalue weighted by molar-refractivity contribution is 5.69. The van der Waals surface area contributed by atoms with Gasteiger partial charge < -0.3 is 19.7 Å². The molecule has 1 N–H and O–H groups in total. The van der Waals surface area contributed by atoms with E-state index in [-0.39, 0.29) is 12.1 Å². The van der Waals surface area contributed by atoms with Gasteiger partial charge in [0.1, 0.15) is 11.2 Å². The molecule has 21 heavy (non-hydrogen) atoms. The predicted octanol–water partition coefficient (Wildman–Crippen LogP) is 2.91. The molecule has 6 nitrogen and oxygen atoms in total. The fourth-order valence-corrected chi connectivity index (χ4v) is 2.01. The van der Waals surface area contributed by atoms with E-state index in [0.29, 0.717) is 25.9 Å². The number of nitrogens with one attached hydrogen (secondary N) is 1. The fraction of sp³-hybridized carbons (Fsp3) is 0.867. The molecule has 0 spiro atoms. The fourth-order valence-electron chi connectivity index (χ4n) is 2.01. The van der Waals surface area contributed by atoms with Gasteiger partial charge in [-0.05, 0) is 54.4 Å². The Kier molecular flexibility index (Phi) is 5.48. The number of carbonyl (C=O) groups is 2. The van der Waals surface area contributed by atoms with Crippen LogP contribution in [0.3, 0.4) is 0 Å². The average molecular weight is 300 g/mol. The number of ether oxygens (including phenoxy) is 2. The Morgan fingerprint density at radius 2 is 1.43 bits per heavy atom. The van der Waals surface area contributed by atoms with Crippen LogP contribution in [0.4, 0.5) is 9.59 Å². The molecule has 0 aromatic heterocycles. The Labute approximate surface area is 127 Å². The number of rotatable bonds is 1. The normalized spacial score (nSPS) is 17.3. The largest absolute Gasteiger partial charge is 0.444 e. The van der Waals surface area contributed by atoms with Gasteiger partial charge in [0.05, 0.1) is 0 Å². The molecule has 1 rings (SSSR count). The highest BCUT2D eigenvalue weighted by atomic mass is 16.6. The van der Waals surface area contributed by atoms with E-state index in [9.17, 15) is 9.59 Å². The number of amides is 2. The van der Waals surface area contributed by atoms with E-state index < -0.39 is 17.3 Å². The molecule has 0 aliphatic carbocycles. The van der Waals surface area contributed by atoms with Crippen molar-refractivity contribution in [3.8, 4) is 0 Å². The van der Waals surface area contributed by atoms with Gasteiger partial charge in [0.15, 0.2) is 0 Å². The summed E-state index contributed by atoms with van der Waals surface area (Å²) >= 11 is 0. The first-order valence-corrected chi connectivity index (χ1v) is 7.44. The lowest BCUT2D eigenvalue weighted by Crippen LogP contribution is -2.48. The maximum Gasteiger partial charge on any atom is 0.410 e. The molecule has 1 heterocycles. The number of alkyl carbamates (subject to hydrolysis) is 1. The van der Waals surface area contributed by atoms with E-state index in [4.69, 9.17) is 9.47 Å². The molecule has 122 valence electrons. The number of hydrogen-bond acceptors (Lipinski definition) is 4. The highest BCUT2D eigenvalue weighted by Crippen LogP contribution is 2.16. The van der Waals surface area contributed by atoms with Gasteiger partial charge in [-0.2, -0.15) is 0 Å². The van der Waals surface area contributed by atoms with Crippen LogP contribution in [-0.2, 0) is 9.47 Å². The van der Waals surface area contributed by atoms with E-state index in [1.165, 1.54) is 0 Å². The van der Waals surface area contributed by atoms with Gasteiger partial charge in [-0.15, -0.1) is 0 Å². The zero-order valence-corrected chi connectivity index (χ0v) is 14.0. The third kappa shape index (κ3) is 7.20. The number of carbonyl (C=O) groups excluding carboxylic acids is 2. The van der Waals surface area contributed by atoms with Crippen molar-refractivity contribution in [2.75, 3.05) is 13.1 Å². The molecule has 0 atom stereocenters. The van der Waals surface area contributed by atoms with Gasteiger partial charge in [0, 0.05) is 19.1 Å². The van der Waals surface area contributed by atoms with Crippen LogP contribution in [0.1, 0.15) is 54.4 Å². The summed E-state index contributed by atoms with van der Waals surface area (Å²) < 4.78 is 10.6. The summed E-state index contributed by atoms with van der Waals surface area (Å²) in [5.74, 6) is 0. The van der Waals surface area contributed by atoms with Crippen LogP contribution >= 0.6 is 0 Å². The second-order valence-corrected chi connectivity index (χ2v) is 7.39. The Morgan fingerprint density at radius 1 is 0.952 bits per heavy atom. The van der Waals surface area contributed by atoms with Crippen molar-refractivity contribution in [1.82, 2.24) is 10.2 Å². The smallest absolute Gasteiger partial charge is 0.410 e. The van der Waals surface area contributed by atoms with Crippen molar-refractivity contribution in [2.24, 2.45) is 0 Å². The Morgan fingerprint density at radius 3 is 1.86 bits per heavy atom. The van der Waals surface area contributed by atoms with Crippen molar-refractivity contribution < 1.29 is 19.1 Å². The molecule has 2 amide bonds. The van der Waals surface area contributed by atoms with Crippen molar-refractivity contribution in [3.63, 3.8) is 0 Å². The van der Waals surface area contributed by atoms with Crippen LogP contribution in [0, 0.1) is 0 Å². The lowest BCUT2D eigenvalue weighted by atomic mass is 10.1. The molecule has 0 aromatic carbocycles. The van der Waals surface area contributed by atoms with Crippen LogP contribution in [0.5, 0.6) is 0 Å². The maximum atomic E-state index is 11.9. The van der Waals surface area contributed by atoms with Gasteiger partial charge in [-0.25, -0.2) is 9.59 Å². The van der Waals surface area contributed by atoms with Crippen molar-refractivity contribution in [3.05, 3.63) is 0 Å². The summed E-state index contributed by atoms with van der Waals surface area (Å²) in [7, 11) is 0. The van der Waals surface area contributed by atoms with Crippen LogP contribution in [0.25, 0.3) is 0 Å². The van der Waals surface area contributed by atoms with E-state index in [1.54, 1.807) is 4.90 Å². The third-order valence-corrected chi connectivity index (χ3v) is 2.87. The molecular weight excluding hydrogens is 272 g/mol. The second kappa shape index (κ2) is 6.54. The molecule has 1 saturated heterocycles. The molecule has 1 aliphatic rings. The van der Waals surface area contributed by atoms with E-state index in [1.807, 2.05) is 41.5 Å². The number of piperidine rings is 1. The molecular formula is C15H28N2O4. The lowest BCUT2D eigenvalue weighted by molar-refractivity contribution is 0.0189. The predicted molar refractivity (Wildman–Crippen MR) is 80.2 cm³/mol. The minimum atomic E-state index is -0.499. The molecule has 0 saturated carbocycles. The van der Waals surface area contributed by atoms with Crippen LogP contribution < -0.4 is 5.32 Å². The lowest BCUT2D eigenvalue weighted by Gasteiger charge is -2.34. The first-order valence-electron chi connectivity index (χ1n) is 7.44. The summed E-state index contributed by atoms with van der Waals surface area (Å²) in [6.07, 6.45) is 0.716. The number of likely N-dealkylation sites (tertiary alicyclic amines) is 1. The van der Waals surface area contributed by atoms with E-state index in [2.05, 4.69) is 5.32 Å². The maximum absolute atomic E-state index is 11.9. The second-order valence-electron chi connectivity index (χ2n) is 7.39.